The second kappa shape index (κ2) is 8.68. The van der Waals surface area contributed by atoms with E-state index in [-0.39, 0.29) is 6.10 Å². The summed E-state index contributed by atoms with van der Waals surface area (Å²) in [6.07, 6.45) is 4.12. The van der Waals surface area contributed by atoms with Gasteiger partial charge in [0.2, 0.25) is 0 Å². The molecule has 3 rings (SSSR count). The molecule has 1 unspecified atom stereocenters. The number of nitrogens with zero attached hydrogens (tertiary/aromatic N) is 3. The molecule has 3 N–H and O–H groups in total. The summed E-state index contributed by atoms with van der Waals surface area (Å²) < 4.78 is 0. The predicted octanol–water partition coefficient (Wildman–Crippen LogP) is 2.19. The Balaban J connectivity index is 1.61. The average molecular weight is 345 g/mol. The molecule has 138 valence electrons. The maximum atomic E-state index is 9.67. The van der Waals surface area contributed by atoms with Crippen LogP contribution in [0, 0.1) is 5.92 Å². The van der Waals surface area contributed by atoms with E-state index in [0.717, 1.165) is 45.6 Å². The molecular weight excluding hydrogens is 312 g/mol. The van der Waals surface area contributed by atoms with Crippen molar-refractivity contribution in [3.63, 3.8) is 0 Å². The lowest BCUT2D eigenvalue weighted by molar-refractivity contribution is 0.0791. The number of aliphatic hydroxyl groups is 1. The summed E-state index contributed by atoms with van der Waals surface area (Å²) in [6, 6.07) is 8.52. The van der Waals surface area contributed by atoms with Crippen LogP contribution in [0.25, 0.3) is 0 Å². The van der Waals surface area contributed by atoms with Crippen molar-refractivity contribution in [3.8, 4) is 0 Å². The third-order valence-electron chi connectivity index (χ3n) is 5.46. The number of piperidine rings is 2. The van der Waals surface area contributed by atoms with Gasteiger partial charge in [0.25, 0.3) is 0 Å². The highest BCUT2D eigenvalue weighted by atomic mass is 16.3. The van der Waals surface area contributed by atoms with Crippen LogP contribution in [0.4, 0.5) is 0 Å². The van der Waals surface area contributed by atoms with Gasteiger partial charge in [-0.15, -0.1) is 0 Å². The molecule has 1 aromatic carbocycles. The average Bonchev–Trinajstić information content (AvgIpc) is 2.62. The minimum absolute atomic E-state index is 0.122. The molecule has 5 heteroatoms. The minimum Gasteiger partial charge on any atom is -0.393 e. The van der Waals surface area contributed by atoms with Gasteiger partial charge in [0, 0.05) is 32.7 Å². The number of rotatable bonds is 4. The molecule has 1 atom stereocenters. The van der Waals surface area contributed by atoms with Crippen molar-refractivity contribution in [3.05, 3.63) is 35.4 Å². The number of hydrogen-bond donors (Lipinski definition) is 2. The summed E-state index contributed by atoms with van der Waals surface area (Å²) in [6.45, 7) is 7.83. The van der Waals surface area contributed by atoms with E-state index in [0.29, 0.717) is 18.4 Å². The maximum Gasteiger partial charge on any atom is 0.191 e. The van der Waals surface area contributed by atoms with Crippen molar-refractivity contribution in [2.75, 3.05) is 26.2 Å². The molecule has 1 aromatic rings. The van der Waals surface area contributed by atoms with Crippen LogP contribution in [-0.2, 0) is 13.1 Å². The van der Waals surface area contributed by atoms with Gasteiger partial charge in [-0.05, 0) is 42.7 Å². The van der Waals surface area contributed by atoms with E-state index < -0.39 is 0 Å². The molecule has 2 aliphatic rings. The Labute approximate surface area is 151 Å². The number of likely N-dealkylation sites (tertiary alicyclic amines) is 2. The summed E-state index contributed by atoms with van der Waals surface area (Å²) in [5.41, 5.74) is 8.82. The summed E-state index contributed by atoms with van der Waals surface area (Å²) in [5.74, 6) is 1.38. The van der Waals surface area contributed by atoms with Crippen molar-refractivity contribution >= 4 is 5.96 Å². The topological polar surface area (TPSA) is 65.1 Å². The van der Waals surface area contributed by atoms with E-state index >= 15 is 0 Å². The van der Waals surface area contributed by atoms with Crippen LogP contribution in [0.5, 0.6) is 0 Å². The summed E-state index contributed by atoms with van der Waals surface area (Å²) in [5, 5.41) is 9.67. The van der Waals surface area contributed by atoms with E-state index in [1.54, 1.807) is 0 Å². The Morgan fingerprint density at radius 3 is 2.60 bits per heavy atom. The molecule has 2 saturated heterocycles. The largest absolute Gasteiger partial charge is 0.393 e. The predicted molar refractivity (Wildman–Crippen MR) is 102 cm³/mol. The zero-order valence-electron chi connectivity index (χ0n) is 15.4. The second-order valence-electron chi connectivity index (χ2n) is 7.64. The van der Waals surface area contributed by atoms with Crippen LogP contribution in [-0.4, -0.2) is 53.1 Å². The van der Waals surface area contributed by atoms with Crippen LogP contribution in [0.1, 0.15) is 43.7 Å². The Hall–Kier alpha value is -1.59. The number of hydrogen-bond acceptors (Lipinski definition) is 3. The molecule has 0 aliphatic carbocycles. The Kier molecular flexibility index (Phi) is 6.32. The fourth-order valence-corrected chi connectivity index (χ4v) is 3.85. The highest BCUT2D eigenvalue weighted by Crippen LogP contribution is 2.18. The van der Waals surface area contributed by atoms with Crippen LogP contribution >= 0.6 is 0 Å². The number of aliphatic imine (C=N–C) groups is 1. The number of aliphatic hydroxyl groups excluding tert-OH is 1. The lowest BCUT2D eigenvalue weighted by Gasteiger charge is -2.31. The van der Waals surface area contributed by atoms with E-state index in [2.05, 4.69) is 46.0 Å². The van der Waals surface area contributed by atoms with E-state index in [1.807, 2.05) is 0 Å². The molecule has 0 bridgehead atoms. The third-order valence-corrected chi connectivity index (χ3v) is 5.46. The van der Waals surface area contributed by atoms with Gasteiger partial charge in [0.05, 0.1) is 12.6 Å². The zero-order valence-corrected chi connectivity index (χ0v) is 15.4. The van der Waals surface area contributed by atoms with Crippen LogP contribution in [0.3, 0.4) is 0 Å². The normalized spacial score (nSPS) is 23.8. The lowest BCUT2D eigenvalue weighted by atomic mass is 10.0. The zero-order chi connectivity index (χ0) is 17.6. The van der Waals surface area contributed by atoms with E-state index in [4.69, 9.17) is 5.73 Å². The second-order valence-corrected chi connectivity index (χ2v) is 7.64. The van der Waals surface area contributed by atoms with Gasteiger partial charge in [0.1, 0.15) is 0 Å². The van der Waals surface area contributed by atoms with Crippen LogP contribution in [0.15, 0.2) is 29.3 Å². The SMILES string of the molecule is CC1CCCN(C(N)=NCc2ccccc2CN2CCC(O)CC2)C1. The monoisotopic (exact) mass is 344 g/mol. The van der Waals surface area contributed by atoms with Crippen LogP contribution < -0.4 is 5.73 Å². The fraction of sp³-hybridized carbons (Fsp3) is 0.650. The number of benzene rings is 1. The molecule has 0 radical (unpaired) electrons. The molecule has 25 heavy (non-hydrogen) atoms. The van der Waals surface area contributed by atoms with Gasteiger partial charge in [-0.2, -0.15) is 0 Å². The summed E-state index contributed by atoms with van der Waals surface area (Å²) >= 11 is 0. The van der Waals surface area contributed by atoms with Crippen molar-refractivity contribution in [2.45, 2.75) is 51.8 Å². The quantitative estimate of drug-likeness (QED) is 0.649. The van der Waals surface area contributed by atoms with Crippen molar-refractivity contribution in [2.24, 2.45) is 16.6 Å². The van der Waals surface area contributed by atoms with Crippen molar-refractivity contribution < 1.29 is 5.11 Å². The molecule has 2 heterocycles. The van der Waals surface area contributed by atoms with Gasteiger partial charge in [-0.25, -0.2) is 4.99 Å². The first kappa shape index (κ1) is 18.2. The summed E-state index contributed by atoms with van der Waals surface area (Å²) in [4.78, 5) is 9.33. The Morgan fingerprint density at radius 1 is 1.16 bits per heavy atom. The highest BCUT2D eigenvalue weighted by Gasteiger charge is 2.19. The Bertz CT molecular complexity index is 581. The molecule has 0 saturated carbocycles. The van der Waals surface area contributed by atoms with Gasteiger partial charge in [-0.3, -0.25) is 4.90 Å². The first-order valence-electron chi connectivity index (χ1n) is 9.64. The smallest absolute Gasteiger partial charge is 0.191 e. The molecule has 0 aromatic heterocycles. The van der Waals surface area contributed by atoms with Crippen molar-refractivity contribution in [1.82, 2.24) is 9.80 Å². The standard InChI is InChI=1S/C20H32N4O/c1-16-5-4-10-24(14-16)20(21)22-13-17-6-2-3-7-18(17)15-23-11-8-19(25)9-12-23/h2-3,6-7,16,19,25H,4-5,8-15H2,1H3,(H2,21,22). The highest BCUT2D eigenvalue weighted by molar-refractivity contribution is 5.78. The molecular formula is C20H32N4O. The molecule has 2 aliphatic heterocycles. The number of guanidine groups is 1. The first-order chi connectivity index (χ1) is 12.1. The fourth-order valence-electron chi connectivity index (χ4n) is 3.85. The molecule has 0 amide bonds. The first-order valence-corrected chi connectivity index (χ1v) is 9.64. The maximum absolute atomic E-state index is 9.67. The van der Waals surface area contributed by atoms with E-state index in [9.17, 15) is 5.11 Å². The lowest BCUT2D eigenvalue weighted by Crippen LogP contribution is -2.43. The molecule has 0 spiro atoms. The Morgan fingerprint density at radius 2 is 1.88 bits per heavy atom. The molecule has 2 fully saturated rings. The number of nitrogens with two attached hydrogens (primary N) is 1. The van der Waals surface area contributed by atoms with Crippen molar-refractivity contribution in [1.29, 1.82) is 0 Å². The van der Waals surface area contributed by atoms with Crippen LogP contribution in [0.2, 0.25) is 0 Å². The van der Waals surface area contributed by atoms with Gasteiger partial charge in [0.15, 0.2) is 5.96 Å². The van der Waals surface area contributed by atoms with Gasteiger partial charge >= 0.3 is 0 Å². The third kappa shape index (κ3) is 5.19. The van der Waals surface area contributed by atoms with Gasteiger partial charge < -0.3 is 15.7 Å². The summed E-state index contributed by atoms with van der Waals surface area (Å²) in [7, 11) is 0. The minimum atomic E-state index is -0.122. The van der Waals surface area contributed by atoms with Gasteiger partial charge in [-0.1, -0.05) is 31.2 Å². The van der Waals surface area contributed by atoms with E-state index in [1.165, 1.54) is 24.0 Å². The molecule has 5 nitrogen and oxygen atoms in total.